The van der Waals surface area contributed by atoms with Crippen LogP contribution in [0.5, 0.6) is 11.5 Å². The Kier molecular flexibility index (Phi) is 6.21. The van der Waals surface area contributed by atoms with Crippen LogP contribution in [0.25, 0.3) is 11.1 Å². The van der Waals surface area contributed by atoms with Crippen molar-refractivity contribution >= 4 is 5.82 Å². The molecule has 0 radical (unpaired) electrons. The molecule has 0 bridgehead atoms. The minimum atomic E-state index is -0.326. The van der Waals surface area contributed by atoms with Crippen molar-refractivity contribution in [2.75, 3.05) is 50.8 Å². The number of aromatic nitrogens is 2. The lowest BCUT2D eigenvalue weighted by Crippen LogP contribution is -2.72. The minimum absolute atomic E-state index is 0.326. The molecule has 0 N–H and O–H groups in total. The van der Waals surface area contributed by atoms with Crippen LogP contribution in [0.3, 0.4) is 0 Å². The van der Waals surface area contributed by atoms with Crippen molar-refractivity contribution in [2.24, 2.45) is 11.3 Å². The van der Waals surface area contributed by atoms with Crippen LogP contribution in [0.4, 0.5) is 10.2 Å². The first kappa shape index (κ1) is 24.5. The van der Waals surface area contributed by atoms with Gasteiger partial charge >= 0.3 is 0 Å². The highest BCUT2D eigenvalue weighted by Crippen LogP contribution is 2.48. The van der Waals surface area contributed by atoms with E-state index in [1.165, 1.54) is 31.5 Å². The smallest absolute Gasteiger partial charge is 0.188 e. The Morgan fingerprint density at radius 3 is 2.59 bits per heavy atom. The molecule has 7 rings (SSSR count). The molecule has 8 heteroatoms. The van der Waals surface area contributed by atoms with Crippen LogP contribution in [-0.2, 0) is 4.74 Å². The average Bonchev–Trinajstić information content (AvgIpc) is 3.77. The van der Waals surface area contributed by atoms with Crippen molar-refractivity contribution in [1.29, 1.82) is 5.26 Å². The van der Waals surface area contributed by atoms with E-state index in [0.717, 1.165) is 75.1 Å². The van der Waals surface area contributed by atoms with Gasteiger partial charge in [-0.2, -0.15) is 5.26 Å². The van der Waals surface area contributed by atoms with E-state index < -0.39 is 0 Å². The number of hydrogen-bond acceptors (Lipinski definition) is 7. The highest BCUT2D eigenvalue weighted by molar-refractivity contribution is 5.76. The van der Waals surface area contributed by atoms with Crippen LogP contribution in [-0.4, -0.2) is 60.8 Å². The fourth-order valence-electron chi connectivity index (χ4n) is 6.59. The molecular weight excluding hydrogens is 493 g/mol. The molecule has 200 valence electrons. The molecule has 4 aliphatic rings. The van der Waals surface area contributed by atoms with Gasteiger partial charge in [0.2, 0.25) is 0 Å². The maximum atomic E-state index is 14.5. The van der Waals surface area contributed by atoms with Crippen LogP contribution in [0.2, 0.25) is 0 Å². The standard InChI is InChI=1S/C31H32FN5O2/c32-24-4-6-28(27(12-24)25-5-1-22(13-33)11-26(25)23-2-3-23)39-29-14-34-20-35-30(29)37-18-31(19-37)16-36(17-31)15-21-7-9-38-10-8-21/h1,4-6,11-12,14,20-21,23H,2-3,7-10,15-19H2. The Morgan fingerprint density at radius 1 is 1.00 bits per heavy atom. The first-order chi connectivity index (χ1) is 19.1. The van der Waals surface area contributed by atoms with Crippen molar-refractivity contribution in [3.05, 3.63) is 65.9 Å². The maximum Gasteiger partial charge on any atom is 0.188 e. The average molecular weight is 526 g/mol. The Morgan fingerprint density at radius 2 is 1.82 bits per heavy atom. The molecule has 3 aromatic rings. The molecule has 4 fully saturated rings. The van der Waals surface area contributed by atoms with Gasteiger partial charge in [-0.25, -0.2) is 14.4 Å². The van der Waals surface area contributed by atoms with E-state index in [1.807, 2.05) is 12.1 Å². The zero-order valence-electron chi connectivity index (χ0n) is 22.0. The van der Waals surface area contributed by atoms with Crippen molar-refractivity contribution in [3.63, 3.8) is 0 Å². The second-order valence-electron chi connectivity index (χ2n) is 11.7. The lowest BCUT2D eigenvalue weighted by atomic mass is 9.72. The maximum absolute atomic E-state index is 14.5. The molecule has 2 aromatic carbocycles. The lowest BCUT2D eigenvalue weighted by molar-refractivity contribution is -0.0430. The van der Waals surface area contributed by atoms with Gasteiger partial charge in [0.25, 0.3) is 0 Å². The fourth-order valence-corrected chi connectivity index (χ4v) is 6.59. The van der Waals surface area contributed by atoms with E-state index in [9.17, 15) is 9.65 Å². The van der Waals surface area contributed by atoms with Gasteiger partial charge in [0.1, 0.15) is 17.9 Å². The summed E-state index contributed by atoms with van der Waals surface area (Å²) >= 11 is 0. The quantitative estimate of drug-likeness (QED) is 0.410. The third-order valence-electron chi connectivity index (χ3n) is 8.64. The summed E-state index contributed by atoms with van der Waals surface area (Å²) in [5.41, 5.74) is 3.61. The van der Waals surface area contributed by atoms with Gasteiger partial charge in [-0.1, -0.05) is 6.07 Å². The minimum Gasteiger partial charge on any atom is -0.451 e. The van der Waals surface area contributed by atoms with Crippen molar-refractivity contribution in [3.8, 4) is 28.7 Å². The van der Waals surface area contributed by atoms with E-state index in [1.54, 1.807) is 24.7 Å². The summed E-state index contributed by atoms with van der Waals surface area (Å²) in [7, 11) is 0. The highest BCUT2D eigenvalue weighted by Gasteiger charge is 2.52. The summed E-state index contributed by atoms with van der Waals surface area (Å²) in [4.78, 5) is 13.7. The summed E-state index contributed by atoms with van der Waals surface area (Å²) in [6.07, 6.45) is 7.75. The highest BCUT2D eigenvalue weighted by atomic mass is 19.1. The number of benzene rings is 2. The van der Waals surface area contributed by atoms with Crippen LogP contribution in [0, 0.1) is 28.5 Å². The predicted molar refractivity (Wildman–Crippen MR) is 145 cm³/mol. The van der Waals surface area contributed by atoms with E-state index in [2.05, 4.69) is 25.8 Å². The number of nitrogens with zero attached hydrogens (tertiary/aromatic N) is 5. The Hall–Kier alpha value is -3.54. The SMILES string of the molecule is N#Cc1ccc(-c2cc(F)ccc2Oc2cncnc2N2CC3(CN(CC4CCOCC4)C3)C2)c(C2CC2)c1. The summed E-state index contributed by atoms with van der Waals surface area (Å²) in [6, 6.07) is 12.5. The Bertz CT molecular complexity index is 1410. The molecule has 1 aromatic heterocycles. The second-order valence-corrected chi connectivity index (χ2v) is 11.7. The number of halogens is 1. The molecule has 1 saturated carbocycles. The summed E-state index contributed by atoms with van der Waals surface area (Å²) in [5, 5.41) is 9.42. The third kappa shape index (κ3) is 4.86. The van der Waals surface area contributed by atoms with E-state index in [0.29, 0.717) is 34.0 Å². The molecule has 0 amide bonds. The molecular formula is C31H32FN5O2. The van der Waals surface area contributed by atoms with Gasteiger partial charge < -0.3 is 19.3 Å². The summed E-state index contributed by atoms with van der Waals surface area (Å²) < 4.78 is 26.4. The largest absolute Gasteiger partial charge is 0.451 e. The normalized spacial score (nSPS) is 20.8. The lowest BCUT2D eigenvalue weighted by Gasteiger charge is -2.61. The first-order valence-electron chi connectivity index (χ1n) is 14.0. The van der Waals surface area contributed by atoms with Crippen molar-refractivity contribution < 1.29 is 13.9 Å². The first-order valence-corrected chi connectivity index (χ1v) is 14.0. The third-order valence-corrected chi connectivity index (χ3v) is 8.64. The van der Waals surface area contributed by atoms with Crippen LogP contribution < -0.4 is 9.64 Å². The molecule has 0 atom stereocenters. The van der Waals surface area contributed by atoms with Crippen molar-refractivity contribution in [1.82, 2.24) is 14.9 Å². The van der Waals surface area contributed by atoms with E-state index in [-0.39, 0.29) is 5.82 Å². The van der Waals surface area contributed by atoms with E-state index >= 15 is 0 Å². The van der Waals surface area contributed by atoms with E-state index in [4.69, 9.17) is 9.47 Å². The molecule has 4 heterocycles. The van der Waals surface area contributed by atoms with Crippen LogP contribution in [0.15, 0.2) is 48.9 Å². The molecule has 1 spiro atoms. The molecule has 3 aliphatic heterocycles. The monoisotopic (exact) mass is 525 g/mol. The number of likely N-dealkylation sites (tertiary alicyclic amines) is 1. The van der Waals surface area contributed by atoms with Crippen LogP contribution in [0.1, 0.15) is 42.7 Å². The molecule has 7 nitrogen and oxygen atoms in total. The molecule has 0 unspecified atom stereocenters. The fraction of sp³-hybridized carbons (Fsp3) is 0.452. The summed E-state index contributed by atoms with van der Waals surface area (Å²) in [6.45, 7) is 7.14. The van der Waals surface area contributed by atoms with Gasteiger partial charge in [0.15, 0.2) is 11.6 Å². The molecule has 3 saturated heterocycles. The number of nitriles is 1. The van der Waals surface area contributed by atoms with Gasteiger partial charge in [0.05, 0.1) is 17.8 Å². The van der Waals surface area contributed by atoms with Gasteiger partial charge in [-0.05, 0) is 79.0 Å². The molecule has 39 heavy (non-hydrogen) atoms. The number of anilines is 1. The van der Waals surface area contributed by atoms with Gasteiger partial charge in [-0.15, -0.1) is 0 Å². The predicted octanol–water partition coefficient (Wildman–Crippen LogP) is 5.37. The topological polar surface area (TPSA) is 74.5 Å². The number of rotatable bonds is 7. The number of ether oxygens (including phenoxy) is 2. The molecule has 1 aliphatic carbocycles. The zero-order chi connectivity index (χ0) is 26.4. The van der Waals surface area contributed by atoms with Gasteiger partial charge in [-0.3, -0.25) is 0 Å². The second kappa shape index (κ2) is 9.89. The Labute approximate surface area is 228 Å². The zero-order valence-corrected chi connectivity index (χ0v) is 22.0. The van der Waals surface area contributed by atoms with Gasteiger partial charge in [0, 0.05) is 56.9 Å². The number of hydrogen-bond donors (Lipinski definition) is 0. The van der Waals surface area contributed by atoms with Crippen molar-refractivity contribution in [2.45, 2.75) is 31.6 Å². The summed E-state index contributed by atoms with van der Waals surface area (Å²) in [5.74, 6) is 2.73. The van der Waals surface area contributed by atoms with Crippen LogP contribution >= 0.6 is 0 Å². The Balaban J connectivity index is 1.09.